The Morgan fingerprint density at radius 3 is 2.59 bits per heavy atom. The predicted octanol–water partition coefficient (Wildman–Crippen LogP) is 4.55. The summed E-state index contributed by atoms with van der Waals surface area (Å²) in [5, 5.41) is 17.4. The second-order valence-electron chi connectivity index (χ2n) is 9.35. The number of amides is 1. The first-order valence-corrected chi connectivity index (χ1v) is 11.6. The van der Waals surface area contributed by atoms with Crippen LogP contribution in [0.3, 0.4) is 0 Å². The van der Waals surface area contributed by atoms with Crippen molar-refractivity contribution in [2.75, 3.05) is 18.5 Å². The molecule has 0 aliphatic carbocycles. The van der Waals surface area contributed by atoms with E-state index in [2.05, 4.69) is 43.5 Å². The number of β-amino-alcohol motifs (C(OH)–C–C–N with tert-alkyl or cyclic N) is 1. The zero-order valence-corrected chi connectivity index (χ0v) is 19.9. The number of aliphatic hydroxyl groups is 1. The number of ether oxygens (including phenoxy) is 2. The van der Waals surface area contributed by atoms with Gasteiger partial charge in [0.25, 0.3) is 5.91 Å². The molecular formula is C28H32N2O4. The molecule has 1 heterocycles. The topological polar surface area (TPSA) is 79.8 Å². The molecule has 1 aliphatic heterocycles. The fraction of sp³-hybridized carbons (Fsp3) is 0.321. The van der Waals surface area contributed by atoms with Crippen LogP contribution in [0.2, 0.25) is 0 Å². The molecule has 3 aromatic rings. The van der Waals surface area contributed by atoms with Crippen molar-refractivity contribution < 1.29 is 19.4 Å². The van der Waals surface area contributed by atoms with E-state index in [1.165, 1.54) is 11.1 Å². The highest BCUT2D eigenvalue weighted by atomic mass is 16.5. The number of carbonyl (C=O) groups is 1. The number of hydrogen-bond donors (Lipinski definition) is 3. The van der Waals surface area contributed by atoms with E-state index in [-0.39, 0.29) is 18.1 Å². The van der Waals surface area contributed by atoms with Gasteiger partial charge >= 0.3 is 0 Å². The van der Waals surface area contributed by atoms with Crippen molar-refractivity contribution >= 4 is 11.6 Å². The van der Waals surface area contributed by atoms with Crippen molar-refractivity contribution in [2.24, 2.45) is 0 Å². The van der Waals surface area contributed by atoms with Crippen LogP contribution >= 0.6 is 0 Å². The molecule has 1 unspecified atom stereocenters. The van der Waals surface area contributed by atoms with Gasteiger partial charge in [0.15, 0.2) is 12.4 Å². The number of hydrogen-bond acceptors (Lipinski definition) is 5. The lowest BCUT2D eigenvalue weighted by Crippen LogP contribution is -2.43. The summed E-state index contributed by atoms with van der Waals surface area (Å²) in [6.45, 7) is 6.96. The monoisotopic (exact) mass is 460 g/mol. The van der Waals surface area contributed by atoms with Gasteiger partial charge in [-0.05, 0) is 56.0 Å². The number of benzene rings is 3. The maximum Gasteiger partial charge on any atom is 0.262 e. The quantitative estimate of drug-likeness (QED) is 0.437. The molecule has 1 amide bonds. The van der Waals surface area contributed by atoms with Gasteiger partial charge in [-0.15, -0.1) is 0 Å². The van der Waals surface area contributed by atoms with Gasteiger partial charge in [-0.2, -0.15) is 0 Å². The molecule has 0 saturated heterocycles. The first-order valence-electron chi connectivity index (χ1n) is 11.6. The number of carbonyl (C=O) groups excluding carboxylic acids is 1. The minimum Gasteiger partial charge on any atom is -0.487 e. The van der Waals surface area contributed by atoms with Gasteiger partial charge in [0.1, 0.15) is 18.0 Å². The zero-order valence-electron chi connectivity index (χ0n) is 19.9. The molecular weight excluding hydrogens is 428 g/mol. The number of fused-ring (bicyclic) bond motifs is 1. The second kappa shape index (κ2) is 10.3. The summed E-state index contributed by atoms with van der Waals surface area (Å²) in [6, 6.07) is 21.7. The molecule has 0 radical (unpaired) electrons. The number of nitrogens with one attached hydrogen (secondary N) is 2. The molecule has 0 fully saturated rings. The van der Waals surface area contributed by atoms with Gasteiger partial charge in [-0.1, -0.05) is 54.6 Å². The molecule has 178 valence electrons. The summed E-state index contributed by atoms with van der Waals surface area (Å²) < 4.78 is 11.7. The van der Waals surface area contributed by atoms with Gasteiger partial charge in [-0.3, -0.25) is 4.79 Å². The first-order chi connectivity index (χ1) is 16.3. The highest BCUT2D eigenvalue weighted by molar-refractivity contribution is 5.97. The predicted molar refractivity (Wildman–Crippen MR) is 133 cm³/mol. The Labute approximate surface area is 200 Å². The summed E-state index contributed by atoms with van der Waals surface area (Å²) in [6.07, 6.45) is 0.0200. The smallest absolute Gasteiger partial charge is 0.262 e. The highest BCUT2D eigenvalue weighted by Gasteiger charge is 2.28. The number of aliphatic hydroxyl groups excluding tert-OH is 1. The number of rotatable bonds is 9. The van der Waals surface area contributed by atoms with Crippen molar-refractivity contribution in [3.63, 3.8) is 0 Å². The van der Waals surface area contributed by atoms with E-state index in [0.717, 1.165) is 12.0 Å². The molecule has 0 aromatic heterocycles. The van der Waals surface area contributed by atoms with E-state index in [0.29, 0.717) is 35.9 Å². The lowest BCUT2D eigenvalue weighted by Gasteiger charge is -2.30. The maximum absolute atomic E-state index is 12.0. The Morgan fingerprint density at radius 1 is 1.09 bits per heavy atom. The zero-order chi connectivity index (χ0) is 24.1. The van der Waals surface area contributed by atoms with Gasteiger partial charge in [0.05, 0.1) is 6.10 Å². The first kappa shape index (κ1) is 23.8. The Bertz CT molecular complexity index is 1140. The van der Waals surface area contributed by atoms with Gasteiger partial charge in [0.2, 0.25) is 0 Å². The van der Waals surface area contributed by atoms with Crippen LogP contribution < -0.4 is 20.1 Å². The van der Waals surface area contributed by atoms with Crippen LogP contribution in [0.4, 0.5) is 5.69 Å². The van der Waals surface area contributed by atoms with Crippen LogP contribution in [-0.2, 0) is 17.8 Å². The van der Waals surface area contributed by atoms with Crippen LogP contribution in [0.25, 0.3) is 0 Å². The Hall–Kier alpha value is -3.35. The van der Waals surface area contributed by atoms with Crippen molar-refractivity contribution in [1.29, 1.82) is 0 Å². The molecule has 3 aromatic carbocycles. The summed E-state index contributed by atoms with van der Waals surface area (Å²) >= 11 is 0. The lowest BCUT2D eigenvalue weighted by molar-refractivity contribution is -0.118. The standard InChI is InChI=1S/C28H32N2O4/c1-19-9-7-8-12-21(19)15-28(2,3)29-16-23(31)22-13-14-24(26-27(22)34-18-25(32)30-26)33-17-20-10-5-4-6-11-20/h4-14,23,29,31H,15-18H2,1-3H3,(H,30,32). The van der Waals surface area contributed by atoms with Crippen LogP contribution in [0, 0.1) is 6.92 Å². The average molecular weight is 461 g/mol. The van der Waals surface area contributed by atoms with E-state index in [1.807, 2.05) is 42.5 Å². The van der Waals surface area contributed by atoms with Crippen LogP contribution in [0.1, 0.15) is 42.2 Å². The molecule has 1 aliphatic rings. The third kappa shape index (κ3) is 5.76. The SMILES string of the molecule is Cc1ccccc1CC(C)(C)NCC(O)c1ccc(OCc2ccccc2)c2c1OCC(=O)N2. The maximum atomic E-state index is 12.0. The summed E-state index contributed by atoms with van der Waals surface area (Å²) in [5.41, 5.74) is 4.40. The van der Waals surface area contributed by atoms with Crippen molar-refractivity contribution in [3.05, 3.63) is 89.0 Å². The molecule has 4 rings (SSSR count). The third-order valence-electron chi connectivity index (χ3n) is 6.03. The van der Waals surface area contributed by atoms with E-state index in [9.17, 15) is 9.90 Å². The lowest BCUT2D eigenvalue weighted by atomic mass is 9.92. The van der Waals surface area contributed by atoms with E-state index >= 15 is 0 Å². The highest BCUT2D eigenvalue weighted by Crippen LogP contribution is 2.42. The Kier molecular flexibility index (Phi) is 7.20. The molecule has 34 heavy (non-hydrogen) atoms. The second-order valence-corrected chi connectivity index (χ2v) is 9.35. The van der Waals surface area contributed by atoms with Gasteiger partial charge in [-0.25, -0.2) is 0 Å². The summed E-state index contributed by atoms with van der Waals surface area (Å²) in [7, 11) is 0. The molecule has 6 nitrogen and oxygen atoms in total. The molecule has 3 N–H and O–H groups in total. The molecule has 0 bridgehead atoms. The van der Waals surface area contributed by atoms with E-state index in [4.69, 9.17) is 9.47 Å². The van der Waals surface area contributed by atoms with Crippen LogP contribution in [0.5, 0.6) is 11.5 Å². The Balaban J connectivity index is 1.48. The van der Waals surface area contributed by atoms with Crippen molar-refractivity contribution in [2.45, 2.75) is 45.4 Å². The molecule has 0 spiro atoms. The fourth-order valence-corrected chi connectivity index (χ4v) is 4.12. The van der Waals surface area contributed by atoms with Gasteiger partial charge in [0, 0.05) is 17.6 Å². The van der Waals surface area contributed by atoms with E-state index < -0.39 is 6.10 Å². The largest absolute Gasteiger partial charge is 0.487 e. The minimum absolute atomic E-state index is 0.0962. The fourth-order valence-electron chi connectivity index (χ4n) is 4.12. The van der Waals surface area contributed by atoms with E-state index in [1.54, 1.807) is 12.1 Å². The Morgan fingerprint density at radius 2 is 1.82 bits per heavy atom. The number of anilines is 1. The normalized spacial score (nSPS) is 14.1. The average Bonchev–Trinajstić information content (AvgIpc) is 2.83. The molecule has 6 heteroatoms. The summed E-state index contributed by atoms with van der Waals surface area (Å²) in [4.78, 5) is 12.0. The minimum atomic E-state index is -0.817. The van der Waals surface area contributed by atoms with Crippen LogP contribution in [0.15, 0.2) is 66.7 Å². The molecule has 0 saturated carbocycles. The molecule has 1 atom stereocenters. The summed E-state index contributed by atoms with van der Waals surface area (Å²) in [5.74, 6) is 0.716. The number of aryl methyl sites for hydroxylation is 1. The third-order valence-corrected chi connectivity index (χ3v) is 6.03. The van der Waals surface area contributed by atoms with Crippen molar-refractivity contribution in [3.8, 4) is 11.5 Å². The van der Waals surface area contributed by atoms with Crippen LogP contribution in [-0.4, -0.2) is 29.7 Å². The van der Waals surface area contributed by atoms with Gasteiger partial charge < -0.3 is 25.2 Å². The van der Waals surface area contributed by atoms with Crippen molar-refractivity contribution in [1.82, 2.24) is 5.32 Å².